The molecule has 0 atom stereocenters. The molecule has 6 heteroatoms. The van der Waals surface area contributed by atoms with Gasteiger partial charge in [0.2, 0.25) is 0 Å². The summed E-state index contributed by atoms with van der Waals surface area (Å²) in [6.07, 6.45) is 0. The second-order valence-electron chi connectivity index (χ2n) is 1.89. The summed E-state index contributed by atoms with van der Waals surface area (Å²) in [6, 6.07) is 2.67. The summed E-state index contributed by atoms with van der Waals surface area (Å²) in [5.41, 5.74) is 3.06. The van der Waals surface area contributed by atoms with Crippen molar-refractivity contribution in [1.82, 2.24) is 0 Å². The quantitative estimate of drug-likeness (QED) is 0.616. The molecule has 1 aromatic rings. The number of nitrogens with two attached hydrogens (primary N) is 1. The van der Waals surface area contributed by atoms with E-state index in [1.807, 2.05) is 0 Å². The van der Waals surface area contributed by atoms with E-state index in [1.54, 1.807) is 0 Å². The van der Waals surface area contributed by atoms with Crippen LogP contribution in [-0.4, -0.2) is 0 Å². The molecule has 0 aliphatic carbocycles. The van der Waals surface area contributed by atoms with Crippen molar-refractivity contribution in [3.8, 4) is 0 Å². The summed E-state index contributed by atoms with van der Waals surface area (Å²) in [5.74, 6) is 4.85. The maximum Gasteiger partial charge on any atom is 0.125 e. The minimum absolute atomic E-state index is 0. The molecule has 2 nitrogen and oxygen atoms in total. The fourth-order valence-electron chi connectivity index (χ4n) is 0.680. The molecule has 0 aliphatic rings. The average Bonchev–Trinajstić information content (AvgIpc) is 1.85. The standard InChI is InChI=1S/C6H5Br2FN2.ClH/c7-4-1-3(9)2-5(8)6(4)11-10;/h1-2,11H,10H2;1H. The third-order valence-electron chi connectivity index (χ3n) is 1.15. The molecular formula is C6H6Br2ClFN2. The van der Waals surface area contributed by atoms with Crippen LogP contribution in [-0.2, 0) is 0 Å². The third-order valence-corrected chi connectivity index (χ3v) is 2.40. The summed E-state index contributed by atoms with van der Waals surface area (Å²) in [5, 5.41) is 0. The van der Waals surface area contributed by atoms with Gasteiger partial charge in [-0.05, 0) is 44.0 Å². The lowest BCUT2D eigenvalue weighted by molar-refractivity contribution is 0.626. The van der Waals surface area contributed by atoms with E-state index in [0.717, 1.165) is 0 Å². The first kappa shape index (κ1) is 12.2. The van der Waals surface area contributed by atoms with Gasteiger partial charge < -0.3 is 5.43 Å². The monoisotopic (exact) mass is 318 g/mol. The van der Waals surface area contributed by atoms with Crippen LogP contribution in [0, 0.1) is 5.82 Å². The minimum Gasteiger partial charge on any atom is -0.322 e. The smallest absolute Gasteiger partial charge is 0.125 e. The van der Waals surface area contributed by atoms with Gasteiger partial charge in [0.1, 0.15) is 5.82 Å². The highest BCUT2D eigenvalue weighted by atomic mass is 79.9. The number of benzene rings is 1. The third kappa shape index (κ3) is 2.58. The fraction of sp³-hybridized carbons (Fsp3) is 0. The van der Waals surface area contributed by atoms with E-state index in [4.69, 9.17) is 5.84 Å². The molecule has 0 fully saturated rings. The summed E-state index contributed by atoms with van der Waals surface area (Å²) in [7, 11) is 0. The second kappa shape index (κ2) is 5.01. The number of nitrogen functional groups attached to an aromatic ring is 1. The zero-order valence-corrected chi connectivity index (χ0v) is 9.76. The molecule has 1 aromatic carbocycles. The number of hydrogen-bond donors (Lipinski definition) is 2. The van der Waals surface area contributed by atoms with E-state index >= 15 is 0 Å². The molecule has 0 saturated carbocycles. The highest BCUT2D eigenvalue weighted by Gasteiger charge is 2.04. The molecule has 0 unspecified atom stereocenters. The average molecular weight is 320 g/mol. The van der Waals surface area contributed by atoms with Crippen molar-refractivity contribution >= 4 is 50.0 Å². The maximum atomic E-state index is 12.6. The van der Waals surface area contributed by atoms with E-state index in [0.29, 0.717) is 14.6 Å². The number of hydrogen-bond acceptors (Lipinski definition) is 2. The minimum atomic E-state index is -0.317. The van der Waals surface area contributed by atoms with Crippen LogP contribution in [0.5, 0.6) is 0 Å². The van der Waals surface area contributed by atoms with Crippen molar-refractivity contribution in [2.75, 3.05) is 5.43 Å². The van der Waals surface area contributed by atoms with Crippen molar-refractivity contribution in [3.63, 3.8) is 0 Å². The van der Waals surface area contributed by atoms with Gasteiger partial charge in [-0.3, -0.25) is 5.84 Å². The Kier molecular flexibility index (Phi) is 5.08. The summed E-state index contributed by atoms with van der Waals surface area (Å²) in [6.45, 7) is 0. The Morgan fingerprint density at radius 3 is 2.00 bits per heavy atom. The van der Waals surface area contributed by atoms with Crippen molar-refractivity contribution in [3.05, 3.63) is 26.9 Å². The van der Waals surface area contributed by atoms with E-state index in [9.17, 15) is 4.39 Å². The highest BCUT2D eigenvalue weighted by molar-refractivity contribution is 9.11. The highest BCUT2D eigenvalue weighted by Crippen LogP contribution is 2.30. The first-order chi connectivity index (χ1) is 5.15. The predicted octanol–water partition coefficient (Wildman–Crippen LogP) is 3.06. The van der Waals surface area contributed by atoms with Gasteiger partial charge in [0.15, 0.2) is 0 Å². The van der Waals surface area contributed by atoms with Crippen molar-refractivity contribution in [1.29, 1.82) is 0 Å². The fourth-order valence-corrected chi connectivity index (χ4v) is 2.04. The van der Waals surface area contributed by atoms with Gasteiger partial charge in [-0.2, -0.15) is 0 Å². The first-order valence-electron chi connectivity index (χ1n) is 2.76. The lowest BCUT2D eigenvalue weighted by Gasteiger charge is -2.05. The van der Waals surface area contributed by atoms with Crippen LogP contribution in [0.25, 0.3) is 0 Å². The molecule has 0 aromatic heterocycles. The molecular weight excluding hydrogens is 314 g/mol. The van der Waals surface area contributed by atoms with E-state index in [2.05, 4.69) is 37.3 Å². The summed E-state index contributed by atoms with van der Waals surface area (Å²) in [4.78, 5) is 0. The Morgan fingerprint density at radius 1 is 1.25 bits per heavy atom. The summed E-state index contributed by atoms with van der Waals surface area (Å²) >= 11 is 6.29. The number of halogens is 4. The summed E-state index contributed by atoms with van der Waals surface area (Å²) < 4.78 is 13.8. The molecule has 0 amide bonds. The van der Waals surface area contributed by atoms with Gasteiger partial charge in [0, 0.05) is 8.95 Å². The van der Waals surface area contributed by atoms with Crippen LogP contribution < -0.4 is 11.3 Å². The van der Waals surface area contributed by atoms with E-state index < -0.39 is 0 Å². The predicted molar refractivity (Wildman–Crippen MR) is 56.9 cm³/mol. The Hall–Kier alpha value is 0.160. The van der Waals surface area contributed by atoms with Crippen molar-refractivity contribution in [2.45, 2.75) is 0 Å². The van der Waals surface area contributed by atoms with Crippen LogP contribution in [0.4, 0.5) is 10.1 Å². The largest absolute Gasteiger partial charge is 0.322 e. The van der Waals surface area contributed by atoms with E-state index in [1.165, 1.54) is 12.1 Å². The van der Waals surface area contributed by atoms with Crippen LogP contribution in [0.15, 0.2) is 21.1 Å². The Balaban J connectivity index is 0.00000121. The van der Waals surface area contributed by atoms with Crippen LogP contribution in [0.1, 0.15) is 0 Å². The van der Waals surface area contributed by atoms with Crippen LogP contribution >= 0.6 is 44.3 Å². The molecule has 0 radical (unpaired) electrons. The zero-order valence-electron chi connectivity index (χ0n) is 5.77. The number of hydrazine groups is 1. The first-order valence-corrected chi connectivity index (χ1v) is 4.35. The van der Waals surface area contributed by atoms with Gasteiger partial charge in [-0.25, -0.2) is 4.39 Å². The van der Waals surface area contributed by atoms with Crippen molar-refractivity contribution < 1.29 is 4.39 Å². The lowest BCUT2D eigenvalue weighted by atomic mass is 10.3. The number of anilines is 1. The SMILES string of the molecule is Cl.NNc1c(Br)cc(F)cc1Br. The Morgan fingerprint density at radius 2 is 1.67 bits per heavy atom. The Labute approximate surface area is 92.3 Å². The van der Waals surface area contributed by atoms with Gasteiger partial charge in [0.05, 0.1) is 5.69 Å². The molecule has 3 N–H and O–H groups in total. The Bertz CT molecular complexity index is 259. The zero-order chi connectivity index (χ0) is 8.43. The normalized spacial score (nSPS) is 9.00. The number of rotatable bonds is 1. The van der Waals surface area contributed by atoms with Crippen LogP contribution in [0.2, 0.25) is 0 Å². The van der Waals surface area contributed by atoms with E-state index in [-0.39, 0.29) is 18.2 Å². The molecule has 0 spiro atoms. The van der Waals surface area contributed by atoms with Gasteiger partial charge in [0.25, 0.3) is 0 Å². The second-order valence-corrected chi connectivity index (χ2v) is 3.60. The maximum absolute atomic E-state index is 12.6. The van der Waals surface area contributed by atoms with Crippen LogP contribution in [0.3, 0.4) is 0 Å². The number of nitrogens with one attached hydrogen (secondary N) is 1. The molecule has 1 rings (SSSR count). The van der Waals surface area contributed by atoms with Gasteiger partial charge in [-0.15, -0.1) is 12.4 Å². The van der Waals surface area contributed by atoms with Crippen molar-refractivity contribution in [2.24, 2.45) is 5.84 Å². The molecule has 0 aliphatic heterocycles. The molecule has 68 valence electrons. The molecule has 0 heterocycles. The lowest BCUT2D eigenvalue weighted by Crippen LogP contribution is -2.08. The molecule has 12 heavy (non-hydrogen) atoms. The van der Waals surface area contributed by atoms with Gasteiger partial charge in [-0.1, -0.05) is 0 Å². The topological polar surface area (TPSA) is 38.0 Å². The molecule has 0 saturated heterocycles. The molecule has 0 bridgehead atoms. The van der Waals surface area contributed by atoms with Gasteiger partial charge >= 0.3 is 0 Å².